The third-order valence-corrected chi connectivity index (χ3v) is 3.38. The van der Waals surface area contributed by atoms with E-state index in [9.17, 15) is 0 Å². The van der Waals surface area contributed by atoms with Gasteiger partial charge in [-0.25, -0.2) is 0 Å². The van der Waals surface area contributed by atoms with Crippen molar-refractivity contribution >= 4 is 6.08 Å². The highest BCUT2D eigenvalue weighted by atomic mass is 15.5. The summed E-state index contributed by atoms with van der Waals surface area (Å²) >= 11 is 0. The largest absolute Gasteiger partial charge is 0.184 e. The minimum atomic E-state index is 0.751. The molecule has 0 saturated heterocycles. The SMILES string of the molecule is C=Cc1cccc(-c2nn(CC)nc2-c2ccccc2)c1. The van der Waals surface area contributed by atoms with Crippen LogP contribution in [0.2, 0.25) is 0 Å². The predicted octanol–water partition coefficient (Wildman–Crippen LogP) is 4.28. The molecule has 1 heterocycles. The van der Waals surface area contributed by atoms with Crippen molar-refractivity contribution in [3.8, 4) is 22.5 Å². The van der Waals surface area contributed by atoms with Crippen LogP contribution in [0, 0.1) is 0 Å². The minimum absolute atomic E-state index is 0.751. The zero-order valence-electron chi connectivity index (χ0n) is 12.0. The maximum Gasteiger partial charge on any atom is 0.121 e. The smallest absolute Gasteiger partial charge is 0.121 e. The molecule has 104 valence electrons. The van der Waals surface area contributed by atoms with E-state index in [1.54, 1.807) is 4.80 Å². The average Bonchev–Trinajstić information content (AvgIpc) is 3.00. The van der Waals surface area contributed by atoms with E-state index >= 15 is 0 Å². The maximum atomic E-state index is 4.62. The van der Waals surface area contributed by atoms with Crippen LogP contribution in [-0.2, 0) is 6.54 Å². The van der Waals surface area contributed by atoms with Crippen molar-refractivity contribution in [1.29, 1.82) is 0 Å². The number of rotatable bonds is 4. The Morgan fingerprint density at radius 1 is 0.952 bits per heavy atom. The van der Waals surface area contributed by atoms with Crippen LogP contribution in [-0.4, -0.2) is 15.0 Å². The third-order valence-electron chi connectivity index (χ3n) is 3.38. The van der Waals surface area contributed by atoms with E-state index in [-0.39, 0.29) is 0 Å². The van der Waals surface area contributed by atoms with Gasteiger partial charge in [0.15, 0.2) is 0 Å². The number of hydrogen-bond donors (Lipinski definition) is 0. The highest BCUT2D eigenvalue weighted by Gasteiger charge is 2.14. The molecule has 0 N–H and O–H groups in total. The summed E-state index contributed by atoms with van der Waals surface area (Å²) < 4.78 is 0. The summed E-state index contributed by atoms with van der Waals surface area (Å²) in [7, 11) is 0. The number of aryl methyl sites for hydroxylation is 1. The number of benzene rings is 2. The molecule has 3 nitrogen and oxygen atoms in total. The van der Waals surface area contributed by atoms with Crippen molar-refractivity contribution in [1.82, 2.24) is 15.0 Å². The molecule has 1 aromatic heterocycles. The molecular formula is C18H17N3. The fraction of sp³-hybridized carbons (Fsp3) is 0.111. The van der Waals surface area contributed by atoms with Crippen molar-refractivity contribution < 1.29 is 0 Å². The first-order chi connectivity index (χ1) is 10.3. The molecule has 2 aromatic carbocycles. The van der Waals surface area contributed by atoms with Crippen LogP contribution in [0.3, 0.4) is 0 Å². The van der Waals surface area contributed by atoms with Crippen molar-refractivity contribution in [2.75, 3.05) is 0 Å². The molecule has 3 aromatic rings. The lowest BCUT2D eigenvalue weighted by Crippen LogP contribution is -1.98. The number of aromatic nitrogens is 3. The van der Waals surface area contributed by atoms with E-state index in [1.165, 1.54) is 0 Å². The molecule has 0 spiro atoms. The summed E-state index contributed by atoms with van der Waals surface area (Å²) in [6, 6.07) is 18.4. The molecule has 3 rings (SSSR count). The Morgan fingerprint density at radius 3 is 2.29 bits per heavy atom. The maximum absolute atomic E-state index is 4.62. The molecule has 0 aliphatic carbocycles. The van der Waals surface area contributed by atoms with Gasteiger partial charge in [-0.1, -0.05) is 61.2 Å². The van der Waals surface area contributed by atoms with Crippen LogP contribution >= 0.6 is 0 Å². The fourth-order valence-electron chi connectivity index (χ4n) is 2.29. The molecule has 0 aliphatic rings. The average molecular weight is 275 g/mol. The zero-order chi connectivity index (χ0) is 14.7. The number of hydrogen-bond acceptors (Lipinski definition) is 2. The zero-order valence-corrected chi connectivity index (χ0v) is 12.0. The Labute approximate surface area is 124 Å². The van der Waals surface area contributed by atoms with Crippen LogP contribution in [0.15, 0.2) is 61.2 Å². The van der Waals surface area contributed by atoms with Crippen LogP contribution in [0.4, 0.5) is 0 Å². The lowest BCUT2D eigenvalue weighted by molar-refractivity contribution is 0.572. The van der Waals surface area contributed by atoms with Crippen molar-refractivity contribution in [3.63, 3.8) is 0 Å². The van der Waals surface area contributed by atoms with E-state index < -0.39 is 0 Å². The van der Waals surface area contributed by atoms with Crippen molar-refractivity contribution in [3.05, 3.63) is 66.7 Å². The highest BCUT2D eigenvalue weighted by molar-refractivity contribution is 5.78. The summed E-state index contributed by atoms with van der Waals surface area (Å²) in [4.78, 5) is 1.73. The van der Waals surface area contributed by atoms with Crippen LogP contribution in [0.5, 0.6) is 0 Å². The third kappa shape index (κ3) is 2.63. The van der Waals surface area contributed by atoms with Gasteiger partial charge in [0.25, 0.3) is 0 Å². The summed E-state index contributed by atoms with van der Waals surface area (Å²) in [6.07, 6.45) is 1.84. The molecule has 0 aliphatic heterocycles. The first kappa shape index (κ1) is 13.3. The molecule has 3 heteroatoms. The second kappa shape index (κ2) is 5.75. The summed E-state index contributed by atoms with van der Waals surface area (Å²) in [5.74, 6) is 0. The Kier molecular flexibility index (Phi) is 3.65. The lowest BCUT2D eigenvalue weighted by Gasteiger charge is -2.02. The summed E-state index contributed by atoms with van der Waals surface area (Å²) in [5, 5.41) is 9.23. The van der Waals surface area contributed by atoms with Crippen molar-refractivity contribution in [2.45, 2.75) is 13.5 Å². The van der Waals surface area contributed by atoms with Gasteiger partial charge in [-0.3, -0.25) is 0 Å². The van der Waals surface area contributed by atoms with Crippen LogP contribution < -0.4 is 0 Å². The Morgan fingerprint density at radius 2 is 1.62 bits per heavy atom. The van der Waals surface area contributed by atoms with E-state index in [0.717, 1.165) is 34.6 Å². The molecule has 21 heavy (non-hydrogen) atoms. The van der Waals surface area contributed by atoms with Gasteiger partial charge < -0.3 is 0 Å². The summed E-state index contributed by atoms with van der Waals surface area (Å²) in [6.45, 7) is 6.62. The van der Waals surface area contributed by atoms with Gasteiger partial charge in [0.2, 0.25) is 0 Å². The Bertz CT molecular complexity index is 757. The monoisotopic (exact) mass is 275 g/mol. The van der Waals surface area contributed by atoms with Crippen LogP contribution in [0.1, 0.15) is 12.5 Å². The van der Waals surface area contributed by atoms with Crippen LogP contribution in [0.25, 0.3) is 28.6 Å². The van der Waals surface area contributed by atoms with E-state index in [1.807, 2.05) is 43.3 Å². The molecule has 0 bridgehead atoms. The summed E-state index contributed by atoms with van der Waals surface area (Å²) in [5.41, 5.74) is 5.05. The molecule has 0 unspecified atom stereocenters. The fourth-order valence-corrected chi connectivity index (χ4v) is 2.29. The van der Waals surface area contributed by atoms with Gasteiger partial charge in [0, 0.05) is 11.1 Å². The van der Waals surface area contributed by atoms with Gasteiger partial charge in [0.1, 0.15) is 11.4 Å². The Balaban J connectivity index is 2.17. The van der Waals surface area contributed by atoms with Gasteiger partial charge in [-0.05, 0) is 18.6 Å². The van der Waals surface area contributed by atoms with E-state index in [4.69, 9.17) is 0 Å². The Hall–Kier alpha value is -2.68. The lowest BCUT2D eigenvalue weighted by atomic mass is 10.0. The normalized spacial score (nSPS) is 10.5. The molecular weight excluding hydrogens is 258 g/mol. The first-order valence-electron chi connectivity index (χ1n) is 7.05. The van der Waals surface area contributed by atoms with Gasteiger partial charge in [0.05, 0.1) is 6.54 Å². The predicted molar refractivity (Wildman–Crippen MR) is 86.7 cm³/mol. The molecule has 0 fully saturated rings. The minimum Gasteiger partial charge on any atom is -0.184 e. The highest BCUT2D eigenvalue weighted by Crippen LogP contribution is 2.29. The standard InChI is InChI=1S/C18H17N3/c1-3-14-9-8-12-16(13-14)18-17(19-21(4-2)20-18)15-10-6-5-7-11-15/h3,5-13H,1,4H2,2H3. The second-order valence-corrected chi connectivity index (χ2v) is 4.78. The second-order valence-electron chi connectivity index (χ2n) is 4.78. The van der Waals surface area contributed by atoms with E-state index in [0.29, 0.717) is 0 Å². The molecule has 0 radical (unpaired) electrons. The van der Waals surface area contributed by atoms with Crippen molar-refractivity contribution in [2.24, 2.45) is 0 Å². The molecule has 0 amide bonds. The van der Waals surface area contributed by atoms with Gasteiger partial charge in [-0.15, -0.1) is 0 Å². The molecule has 0 atom stereocenters. The van der Waals surface area contributed by atoms with E-state index in [2.05, 4.69) is 41.0 Å². The quantitative estimate of drug-likeness (QED) is 0.711. The first-order valence-corrected chi connectivity index (χ1v) is 7.05. The number of nitrogens with zero attached hydrogens (tertiary/aromatic N) is 3. The molecule has 0 saturated carbocycles. The van der Waals surface area contributed by atoms with Gasteiger partial charge >= 0.3 is 0 Å². The van der Waals surface area contributed by atoms with Gasteiger partial charge in [-0.2, -0.15) is 15.0 Å². The topological polar surface area (TPSA) is 30.7 Å².